The molecule has 0 aliphatic carbocycles. The summed E-state index contributed by atoms with van der Waals surface area (Å²) in [6.45, 7) is 3.17. The molecule has 8 nitrogen and oxygen atoms in total. The highest BCUT2D eigenvalue weighted by atomic mass is 16.5. The van der Waals surface area contributed by atoms with E-state index in [0.29, 0.717) is 37.8 Å². The fourth-order valence-electron chi connectivity index (χ4n) is 3.04. The summed E-state index contributed by atoms with van der Waals surface area (Å²) < 4.78 is 5.33. The summed E-state index contributed by atoms with van der Waals surface area (Å²) in [6, 6.07) is 1.71. The van der Waals surface area contributed by atoms with Gasteiger partial charge in [0.15, 0.2) is 0 Å². The monoisotopic (exact) mass is 307 g/mol. The summed E-state index contributed by atoms with van der Waals surface area (Å²) in [7, 11) is 0. The van der Waals surface area contributed by atoms with Crippen molar-refractivity contribution in [1.82, 2.24) is 14.9 Å². The molecule has 0 aromatic carbocycles. The first-order valence-corrected chi connectivity index (χ1v) is 7.57. The largest absolute Gasteiger partial charge is 0.465 e. The third kappa shape index (κ3) is 2.71. The fourth-order valence-corrected chi connectivity index (χ4v) is 3.04. The van der Waals surface area contributed by atoms with E-state index in [1.807, 2.05) is 4.90 Å². The number of amides is 1. The minimum Gasteiger partial charge on any atom is -0.465 e. The van der Waals surface area contributed by atoms with Crippen LogP contribution in [0.2, 0.25) is 0 Å². The van der Waals surface area contributed by atoms with Crippen LogP contribution in [-0.2, 0) is 10.4 Å². The standard InChI is InChI=1S/C14H21N5O3/c15-14(4-1-2-6-19(14)13(20)21)11-3-5-16-12(17-11)18-7-9-22-10-8-18/h3,5H,1-2,4,6-10,15H2,(H,20,21). The van der Waals surface area contributed by atoms with Gasteiger partial charge < -0.3 is 20.5 Å². The first kappa shape index (κ1) is 15.0. The van der Waals surface area contributed by atoms with Gasteiger partial charge in [0.05, 0.1) is 18.9 Å². The quantitative estimate of drug-likeness (QED) is 0.823. The molecule has 22 heavy (non-hydrogen) atoms. The lowest BCUT2D eigenvalue weighted by atomic mass is 9.93. The number of piperidine rings is 1. The van der Waals surface area contributed by atoms with E-state index in [4.69, 9.17) is 10.5 Å². The average Bonchev–Trinajstić information content (AvgIpc) is 2.56. The second kappa shape index (κ2) is 6.05. The molecule has 1 aromatic rings. The minimum atomic E-state index is -1.08. The number of carboxylic acid groups (broad SMARTS) is 1. The van der Waals surface area contributed by atoms with Gasteiger partial charge in [-0.3, -0.25) is 4.90 Å². The molecule has 1 aromatic heterocycles. The van der Waals surface area contributed by atoms with Crippen LogP contribution in [-0.4, -0.2) is 58.9 Å². The summed E-state index contributed by atoms with van der Waals surface area (Å²) in [4.78, 5) is 23.7. The Morgan fingerprint density at radius 1 is 1.32 bits per heavy atom. The molecule has 2 saturated heterocycles. The lowest BCUT2D eigenvalue weighted by molar-refractivity contribution is 0.0456. The van der Waals surface area contributed by atoms with Crippen LogP contribution in [0, 0.1) is 0 Å². The molecule has 3 N–H and O–H groups in total. The van der Waals surface area contributed by atoms with E-state index < -0.39 is 11.8 Å². The van der Waals surface area contributed by atoms with Gasteiger partial charge in [-0.05, 0) is 25.3 Å². The molecule has 2 fully saturated rings. The number of nitrogens with two attached hydrogens (primary N) is 1. The Morgan fingerprint density at radius 2 is 2.09 bits per heavy atom. The van der Waals surface area contributed by atoms with Crippen molar-refractivity contribution in [3.05, 3.63) is 18.0 Å². The van der Waals surface area contributed by atoms with Crippen molar-refractivity contribution in [2.24, 2.45) is 5.73 Å². The zero-order chi connectivity index (χ0) is 15.6. The van der Waals surface area contributed by atoms with Crippen molar-refractivity contribution in [2.45, 2.75) is 24.9 Å². The SMILES string of the molecule is NC1(c2ccnc(N3CCOCC3)n2)CCCCN1C(=O)O. The molecule has 3 heterocycles. The van der Waals surface area contributed by atoms with E-state index >= 15 is 0 Å². The Bertz CT molecular complexity index is 549. The van der Waals surface area contributed by atoms with Gasteiger partial charge in [-0.1, -0.05) is 0 Å². The van der Waals surface area contributed by atoms with E-state index in [0.717, 1.165) is 25.9 Å². The van der Waals surface area contributed by atoms with Gasteiger partial charge in [-0.2, -0.15) is 0 Å². The molecule has 0 spiro atoms. The van der Waals surface area contributed by atoms with Crippen LogP contribution in [0.5, 0.6) is 0 Å². The highest BCUT2D eigenvalue weighted by Gasteiger charge is 2.41. The Labute approximate surface area is 128 Å². The number of likely N-dealkylation sites (tertiary alicyclic amines) is 1. The maximum Gasteiger partial charge on any atom is 0.409 e. The Hall–Kier alpha value is -1.93. The van der Waals surface area contributed by atoms with E-state index in [1.165, 1.54) is 4.90 Å². The number of aromatic nitrogens is 2. The van der Waals surface area contributed by atoms with Gasteiger partial charge in [0.1, 0.15) is 5.66 Å². The summed E-state index contributed by atoms with van der Waals surface area (Å²) in [5, 5.41) is 9.43. The molecule has 0 saturated carbocycles. The number of ether oxygens (including phenoxy) is 1. The van der Waals surface area contributed by atoms with Gasteiger partial charge in [0.25, 0.3) is 0 Å². The number of hydrogen-bond donors (Lipinski definition) is 2. The lowest BCUT2D eigenvalue weighted by Crippen LogP contribution is -2.58. The topological polar surface area (TPSA) is 105 Å². The van der Waals surface area contributed by atoms with E-state index in [1.54, 1.807) is 12.3 Å². The first-order chi connectivity index (χ1) is 10.6. The van der Waals surface area contributed by atoms with E-state index in [-0.39, 0.29) is 0 Å². The van der Waals surface area contributed by atoms with E-state index in [2.05, 4.69) is 9.97 Å². The number of anilines is 1. The molecule has 120 valence electrons. The molecule has 3 rings (SSSR count). The van der Waals surface area contributed by atoms with Crippen LogP contribution >= 0.6 is 0 Å². The van der Waals surface area contributed by atoms with Crippen LogP contribution in [0.1, 0.15) is 25.0 Å². The lowest BCUT2D eigenvalue weighted by Gasteiger charge is -2.42. The highest BCUT2D eigenvalue weighted by molar-refractivity contribution is 5.66. The van der Waals surface area contributed by atoms with Gasteiger partial charge in [0.2, 0.25) is 5.95 Å². The molecule has 0 bridgehead atoms. The van der Waals surface area contributed by atoms with Crippen molar-refractivity contribution < 1.29 is 14.6 Å². The molecule has 8 heteroatoms. The summed E-state index contributed by atoms with van der Waals surface area (Å²) >= 11 is 0. The number of morpholine rings is 1. The fraction of sp³-hybridized carbons (Fsp3) is 0.643. The molecular formula is C14H21N5O3. The molecule has 1 amide bonds. The first-order valence-electron chi connectivity index (χ1n) is 7.57. The van der Waals surface area contributed by atoms with Crippen molar-refractivity contribution in [2.75, 3.05) is 37.7 Å². The Balaban J connectivity index is 1.90. The van der Waals surface area contributed by atoms with Crippen LogP contribution in [0.25, 0.3) is 0 Å². The molecule has 1 unspecified atom stereocenters. The van der Waals surface area contributed by atoms with Gasteiger partial charge in [0, 0.05) is 25.8 Å². The predicted octanol–water partition coefficient (Wildman–Crippen LogP) is 0.589. The zero-order valence-corrected chi connectivity index (χ0v) is 12.4. The molecule has 0 radical (unpaired) electrons. The van der Waals surface area contributed by atoms with Crippen LogP contribution < -0.4 is 10.6 Å². The second-order valence-corrected chi connectivity index (χ2v) is 5.66. The molecule has 2 aliphatic rings. The van der Waals surface area contributed by atoms with Crippen molar-refractivity contribution in [3.63, 3.8) is 0 Å². The van der Waals surface area contributed by atoms with E-state index in [9.17, 15) is 9.90 Å². The smallest absolute Gasteiger partial charge is 0.409 e. The van der Waals surface area contributed by atoms with Gasteiger partial charge in [-0.25, -0.2) is 14.8 Å². The number of hydrogen-bond acceptors (Lipinski definition) is 6. The Kier molecular flexibility index (Phi) is 4.12. The zero-order valence-electron chi connectivity index (χ0n) is 12.4. The molecular weight excluding hydrogens is 286 g/mol. The minimum absolute atomic E-state index is 0.433. The van der Waals surface area contributed by atoms with Crippen molar-refractivity contribution >= 4 is 12.0 Å². The van der Waals surface area contributed by atoms with Gasteiger partial charge in [-0.15, -0.1) is 0 Å². The summed E-state index contributed by atoms with van der Waals surface area (Å²) in [5.41, 5.74) is 5.92. The predicted molar refractivity (Wildman–Crippen MR) is 79.5 cm³/mol. The normalized spacial score (nSPS) is 26.0. The molecule has 2 aliphatic heterocycles. The average molecular weight is 307 g/mol. The van der Waals surface area contributed by atoms with Gasteiger partial charge >= 0.3 is 6.09 Å². The highest BCUT2D eigenvalue weighted by Crippen LogP contribution is 2.32. The van der Waals surface area contributed by atoms with Crippen LogP contribution in [0.15, 0.2) is 12.3 Å². The summed E-state index contributed by atoms with van der Waals surface area (Å²) in [6.07, 6.45) is 2.92. The van der Waals surface area contributed by atoms with Crippen molar-refractivity contribution in [3.8, 4) is 0 Å². The number of carbonyl (C=O) groups is 1. The second-order valence-electron chi connectivity index (χ2n) is 5.66. The van der Waals surface area contributed by atoms with Crippen LogP contribution in [0.4, 0.5) is 10.7 Å². The van der Waals surface area contributed by atoms with Crippen LogP contribution in [0.3, 0.4) is 0 Å². The maximum absolute atomic E-state index is 11.5. The summed E-state index contributed by atoms with van der Waals surface area (Å²) in [5.74, 6) is 0.585. The molecule has 1 atom stereocenters. The third-order valence-corrected chi connectivity index (χ3v) is 4.28. The number of nitrogens with zero attached hydrogens (tertiary/aromatic N) is 4. The number of rotatable bonds is 2. The third-order valence-electron chi connectivity index (χ3n) is 4.28. The maximum atomic E-state index is 11.5. The Morgan fingerprint density at radius 3 is 2.82 bits per heavy atom. The van der Waals surface area contributed by atoms with Crippen molar-refractivity contribution in [1.29, 1.82) is 0 Å².